The maximum atomic E-state index is 13.3. The number of likely N-dealkylation sites (tertiary alicyclic amines) is 1. The zero-order valence-corrected chi connectivity index (χ0v) is 17.7. The minimum atomic E-state index is -0.451. The summed E-state index contributed by atoms with van der Waals surface area (Å²) in [5.41, 5.74) is 0.807. The van der Waals surface area contributed by atoms with E-state index in [9.17, 15) is 14.0 Å². The molecule has 4 atom stereocenters. The maximum Gasteiger partial charge on any atom is 0.233 e. The molecule has 1 saturated heterocycles. The molecule has 6 nitrogen and oxygen atoms in total. The fourth-order valence-electron chi connectivity index (χ4n) is 4.78. The lowest BCUT2D eigenvalue weighted by atomic mass is 9.85. The van der Waals surface area contributed by atoms with E-state index < -0.39 is 5.82 Å². The molecule has 3 aliphatic rings. The van der Waals surface area contributed by atoms with Crippen LogP contribution in [-0.2, 0) is 16.1 Å². The molecule has 4 rings (SSSR count). The quantitative estimate of drug-likeness (QED) is 0.228. The van der Waals surface area contributed by atoms with Gasteiger partial charge in [-0.2, -0.15) is 0 Å². The minimum Gasteiger partial charge on any atom is -0.357 e. The topological polar surface area (TPSA) is 73.8 Å². The summed E-state index contributed by atoms with van der Waals surface area (Å²) in [5.74, 6) is 0.374. The predicted molar refractivity (Wildman–Crippen MR) is 113 cm³/mol. The second-order valence-corrected chi connectivity index (χ2v) is 8.46. The Kier molecular flexibility index (Phi) is 6.09. The van der Waals surface area contributed by atoms with Gasteiger partial charge in [-0.3, -0.25) is 14.5 Å². The van der Waals surface area contributed by atoms with E-state index in [0.29, 0.717) is 38.6 Å². The Morgan fingerprint density at radius 3 is 2.53 bits per heavy atom. The maximum absolute atomic E-state index is 13.3. The van der Waals surface area contributed by atoms with E-state index in [2.05, 4.69) is 27.8 Å². The molecule has 0 radical (unpaired) electrons. The zero-order valence-electron chi connectivity index (χ0n) is 16.9. The number of rotatable bonds is 7. The smallest absolute Gasteiger partial charge is 0.233 e. The summed E-state index contributed by atoms with van der Waals surface area (Å²) >= 11 is 5.82. The molecule has 1 heterocycles. The second kappa shape index (κ2) is 8.76. The fourth-order valence-corrected chi connectivity index (χ4v) is 4.98. The van der Waals surface area contributed by atoms with Crippen LogP contribution >= 0.6 is 11.6 Å². The van der Waals surface area contributed by atoms with Crippen molar-refractivity contribution in [1.82, 2.24) is 15.5 Å². The Morgan fingerprint density at radius 2 is 1.90 bits per heavy atom. The lowest BCUT2D eigenvalue weighted by molar-refractivity contribution is -0.140. The number of hydrogen-bond acceptors (Lipinski definition) is 3. The summed E-state index contributed by atoms with van der Waals surface area (Å²) in [6, 6.07) is 4.54. The van der Waals surface area contributed by atoms with Gasteiger partial charge in [0.15, 0.2) is 5.96 Å². The molecule has 30 heavy (non-hydrogen) atoms. The molecule has 2 bridgehead atoms. The number of carbonyl (C=O) groups excluding carboxylic acids is 2. The van der Waals surface area contributed by atoms with Crippen molar-refractivity contribution in [2.75, 3.05) is 19.6 Å². The highest BCUT2D eigenvalue weighted by atomic mass is 35.5. The summed E-state index contributed by atoms with van der Waals surface area (Å²) in [5, 5.41) is 6.45. The monoisotopic (exact) mass is 432 g/mol. The van der Waals surface area contributed by atoms with Crippen molar-refractivity contribution in [3.8, 4) is 0 Å². The van der Waals surface area contributed by atoms with Gasteiger partial charge in [-0.05, 0) is 49.3 Å². The molecule has 0 aromatic heterocycles. The number of fused-ring (bicyclic) bond motifs is 5. The third-order valence-corrected chi connectivity index (χ3v) is 6.45. The first-order valence-electron chi connectivity index (χ1n) is 10.5. The van der Waals surface area contributed by atoms with Crippen LogP contribution in [0.3, 0.4) is 0 Å². The van der Waals surface area contributed by atoms with Crippen LogP contribution in [-0.4, -0.2) is 42.3 Å². The lowest BCUT2D eigenvalue weighted by Crippen LogP contribution is -2.40. The van der Waals surface area contributed by atoms with E-state index in [1.807, 2.05) is 6.92 Å². The van der Waals surface area contributed by atoms with Crippen LogP contribution in [0, 0.1) is 29.5 Å². The van der Waals surface area contributed by atoms with Crippen molar-refractivity contribution in [2.24, 2.45) is 28.7 Å². The summed E-state index contributed by atoms with van der Waals surface area (Å²) in [6.07, 6.45) is 5.81. The number of carbonyl (C=O) groups is 2. The molecular formula is C22H26ClFN4O2. The van der Waals surface area contributed by atoms with Gasteiger partial charge in [-0.25, -0.2) is 9.38 Å². The van der Waals surface area contributed by atoms with Gasteiger partial charge in [0.2, 0.25) is 11.8 Å². The van der Waals surface area contributed by atoms with E-state index in [1.165, 1.54) is 11.0 Å². The van der Waals surface area contributed by atoms with Crippen LogP contribution in [0.15, 0.2) is 35.3 Å². The van der Waals surface area contributed by atoms with Gasteiger partial charge in [0.05, 0.1) is 23.4 Å². The van der Waals surface area contributed by atoms with Gasteiger partial charge in [0.1, 0.15) is 5.82 Å². The fraction of sp³-hybridized carbons (Fsp3) is 0.500. The largest absolute Gasteiger partial charge is 0.357 e. The van der Waals surface area contributed by atoms with Crippen LogP contribution in [0.1, 0.15) is 25.3 Å². The SMILES string of the molecule is CCNC(=NCc1ccc(F)c(Cl)c1)NCCCN1C(=O)C2C3C=CC(C3)C2C1=O. The number of benzene rings is 1. The van der Waals surface area contributed by atoms with Gasteiger partial charge in [0.25, 0.3) is 0 Å². The summed E-state index contributed by atoms with van der Waals surface area (Å²) in [6.45, 7) is 4.02. The number of guanidine groups is 1. The van der Waals surface area contributed by atoms with Crippen molar-refractivity contribution in [1.29, 1.82) is 0 Å². The lowest BCUT2D eigenvalue weighted by Gasteiger charge is -2.18. The van der Waals surface area contributed by atoms with Crippen LogP contribution in [0.2, 0.25) is 5.02 Å². The van der Waals surface area contributed by atoms with Crippen LogP contribution < -0.4 is 10.6 Å². The third kappa shape index (κ3) is 3.95. The Labute approximate surface area is 180 Å². The molecule has 2 aliphatic carbocycles. The second-order valence-electron chi connectivity index (χ2n) is 8.05. The van der Waals surface area contributed by atoms with Crippen molar-refractivity contribution in [3.63, 3.8) is 0 Å². The first-order valence-corrected chi connectivity index (χ1v) is 10.9. The molecule has 8 heteroatoms. The molecule has 1 aliphatic heterocycles. The highest BCUT2D eigenvalue weighted by Gasteiger charge is 2.58. The van der Waals surface area contributed by atoms with E-state index in [1.54, 1.807) is 12.1 Å². The summed E-state index contributed by atoms with van der Waals surface area (Å²) in [7, 11) is 0. The highest BCUT2D eigenvalue weighted by Crippen LogP contribution is 2.52. The summed E-state index contributed by atoms with van der Waals surface area (Å²) < 4.78 is 13.3. The predicted octanol–water partition coefficient (Wildman–Crippen LogP) is 2.73. The number of aliphatic imine (C=N–C) groups is 1. The molecule has 2 N–H and O–H groups in total. The van der Waals surface area contributed by atoms with Crippen LogP contribution in [0.25, 0.3) is 0 Å². The number of nitrogens with zero attached hydrogens (tertiary/aromatic N) is 2. The van der Waals surface area contributed by atoms with Crippen LogP contribution in [0.4, 0.5) is 4.39 Å². The van der Waals surface area contributed by atoms with Crippen molar-refractivity contribution in [2.45, 2.75) is 26.3 Å². The molecule has 2 amide bonds. The molecular weight excluding hydrogens is 407 g/mol. The summed E-state index contributed by atoms with van der Waals surface area (Å²) in [4.78, 5) is 31.3. The van der Waals surface area contributed by atoms with Crippen LogP contribution in [0.5, 0.6) is 0 Å². The molecule has 4 unspecified atom stereocenters. The van der Waals surface area contributed by atoms with Gasteiger partial charge in [-0.1, -0.05) is 29.8 Å². The average Bonchev–Trinajstić information content (AvgIpc) is 3.41. The standard InChI is InChI=1S/C22H26ClFN4O2/c1-2-25-22(27-12-13-4-7-17(24)16(23)10-13)26-8-3-9-28-20(29)18-14-5-6-15(11-14)19(18)21(28)30/h4-7,10,14-15,18-19H,2-3,8-9,11-12H2,1H3,(H2,25,26,27). The average molecular weight is 433 g/mol. The third-order valence-electron chi connectivity index (χ3n) is 6.16. The van der Waals surface area contributed by atoms with Gasteiger partial charge >= 0.3 is 0 Å². The molecule has 1 aromatic carbocycles. The normalized spacial score (nSPS) is 27.2. The Morgan fingerprint density at radius 1 is 1.20 bits per heavy atom. The molecule has 0 spiro atoms. The number of allylic oxidation sites excluding steroid dienone is 2. The first-order chi connectivity index (χ1) is 14.5. The number of nitrogens with one attached hydrogen (secondary N) is 2. The first kappa shape index (κ1) is 20.8. The van der Waals surface area contributed by atoms with E-state index in [0.717, 1.165) is 12.0 Å². The number of halogens is 2. The molecule has 2 fully saturated rings. The highest BCUT2D eigenvalue weighted by molar-refractivity contribution is 6.30. The van der Waals surface area contributed by atoms with Gasteiger partial charge in [-0.15, -0.1) is 0 Å². The van der Waals surface area contributed by atoms with E-state index in [4.69, 9.17) is 11.6 Å². The minimum absolute atomic E-state index is 0.00406. The van der Waals surface area contributed by atoms with E-state index in [-0.39, 0.29) is 40.5 Å². The number of amides is 2. The molecule has 1 saturated carbocycles. The van der Waals surface area contributed by atoms with Gasteiger partial charge < -0.3 is 10.6 Å². The number of hydrogen-bond donors (Lipinski definition) is 2. The van der Waals surface area contributed by atoms with Crippen molar-refractivity contribution < 1.29 is 14.0 Å². The Hall–Kier alpha value is -2.41. The van der Waals surface area contributed by atoms with E-state index >= 15 is 0 Å². The van der Waals surface area contributed by atoms with Gasteiger partial charge in [0, 0.05) is 19.6 Å². The number of imide groups is 1. The molecule has 1 aromatic rings. The van der Waals surface area contributed by atoms with Crippen molar-refractivity contribution in [3.05, 3.63) is 46.8 Å². The molecule has 160 valence electrons. The van der Waals surface area contributed by atoms with Crippen molar-refractivity contribution >= 4 is 29.4 Å². The Balaban J connectivity index is 1.27. The Bertz CT molecular complexity index is 873. The zero-order chi connectivity index (χ0) is 21.3.